The molecule has 2 aromatic rings. The van der Waals surface area contributed by atoms with Crippen molar-refractivity contribution < 1.29 is 13.2 Å². The Morgan fingerprint density at radius 2 is 2.00 bits per heavy atom. The third-order valence-corrected chi connectivity index (χ3v) is 3.16. The van der Waals surface area contributed by atoms with Gasteiger partial charge >= 0.3 is 6.18 Å². The summed E-state index contributed by atoms with van der Waals surface area (Å²) in [6, 6.07) is 4.75. The van der Waals surface area contributed by atoms with Crippen molar-refractivity contribution in [2.45, 2.75) is 19.3 Å². The Bertz CT molecular complexity index is 722. The SMILES string of the molecule is O=c1[nH]c(-c2cccc(C(F)(F)F)c2)nc2c1CNC2. The summed E-state index contributed by atoms with van der Waals surface area (Å²) in [5.74, 6) is 0.156. The fourth-order valence-corrected chi connectivity index (χ4v) is 2.16. The molecule has 0 atom stereocenters. The molecular weight excluding hydrogens is 271 g/mol. The van der Waals surface area contributed by atoms with Crippen molar-refractivity contribution in [1.29, 1.82) is 0 Å². The maximum atomic E-state index is 12.7. The lowest BCUT2D eigenvalue weighted by atomic mass is 10.1. The zero-order chi connectivity index (χ0) is 14.3. The van der Waals surface area contributed by atoms with Gasteiger partial charge in [0, 0.05) is 18.7 Å². The number of halogens is 3. The largest absolute Gasteiger partial charge is 0.416 e. The number of nitrogens with one attached hydrogen (secondary N) is 2. The molecule has 1 aromatic heterocycles. The molecule has 0 saturated heterocycles. The summed E-state index contributed by atoms with van der Waals surface area (Å²) in [4.78, 5) is 18.6. The normalized spacial score (nSPS) is 14.3. The fraction of sp³-hybridized carbons (Fsp3) is 0.231. The molecular formula is C13H10F3N3O. The van der Waals surface area contributed by atoms with Crippen LogP contribution in [0.2, 0.25) is 0 Å². The second-order valence-corrected chi connectivity index (χ2v) is 4.52. The van der Waals surface area contributed by atoms with Crippen LogP contribution in [0.5, 0.6) is 0 Å². The topological polar surface area (TPSA) is 57.8 Å². The number of fused-ring (bicyclic) bond motifs is 1. The number of alkyl halides is 3. The second kappa shape index (κ2) is 4.45. The van der Waals surface area contributed by atoms with E-state index in [1.807, 2.05) is 0 Å². The van der Waals surface area contributed by atoms with Crippen LogP contribution in [0.15, 0.2) is 29.1 Å². The second-order valence-electron chi connectivity index (χ2n) is 4.52. The van der Waals surface area contributed by atoms with E-state index in [2.05, 4.69) is 15.3 Å². The van der Waals surface area contributed by atoms with Gasteiger partial charge in [0.15, 0.2) is 0 Å². The van der Waals surface area contributed by atoms with Gasteiger partial charge in [0.1, 0.15) is 5.82 Å². The number of rotatable bonds is 1. The Labute approximate surface area is 111 Å². The molecule has 3 rings (SSSR count). The van der Waals surface area contributed by atoms with Crippen molar-refractivity contribution in [2.24, 2.45) is 0 Å². The molecule has 2 N–H and O–H groups in total. The number of H-pyrrole nitrogens is 1. The number of aromatic amines is 1. The van der Waals surface area contributed by atoms with Crippen molar-refractivity contribution in [3.8, 4) is 11.4 Å². The molecule has 0 unspecified atom stereocenters. The van der Waals surface area contributed by atoms with Gasteiger partial charge in [-0.15, -0.1) is 0 Å². The summed E-state index contributed by atoms with van der Waals surface area (Å²) in [6.07, 6.45) is -4.42. The molecule has 0 spiro atoms. The van der Waals surface area contributed by atoms with Crippen LogP contribution in [0, 0.1) is 0 Å². The first-order valence-electron chi connectivity index (χ1n) is 5.95. The van der Waals surface area contributed by atoms with Gasteiger partial charge in [0.05, 0.1) is 16.8 Å². The standard InChI is InChI=1S/C13H10F3N3O/c14-13(15,16)8-3-1-2-7(4-8)11-18-10-6-17-5-9(10)12(20)19-11/h1-4,17H,5-6H2,(H,18,19,20). The molecule has 0 amide bonds. The number of benzene rings is 1. The van der Waals surface area contributed by atoms with E-state index >= 15 is 0 Å². The Balaban J connectivity index is 2.10. The number of hydrogen-bond acceptors (Lipinski definition) is 3. The number of nitrogens with zero attached hydrogens (tertiary/aromatic N) is 1. The summed E-state index contributed by atoms with van der Waals surface area (Å²) in [5, 5.41) is 2.98. The highest BCUT2D eigenvalue weighted by atomic mass is 19.4. The van der Waals surface area contributed by atoms with E-state index in [0.717, 1.165) is 12.1 Å². The van der Waals surface area contributed by atoms with Crippen LogP contribution in [0.25, 0.3) is 11.4 Å². The Morgan fingerprint density at radius 3 is 2.75 bits per heavy atom. The van der Waals surface area contributed by atoms with Gasteiger partial charge in [-0.25, -0.2) is 4.98 Å². The first-order valence-corrected chi connectivity index (χ1v) is 5.95. The quantitative estimate of drug-likeness (QED) is 0.841. The van der Waals surface area contributed by atoms with Crippen LogP contribution in [0.3, 0.4) is 0 Å². The lowest BCUT2D eigenvalue weighted by molar-refractivity contribution is -0.137. The van der Waals surface area contributed by atoms with Crippen LogP contribution in [-0.4, -0.2) is 9.97 Å². The molecule has 7 heteroatoms. The maximum Gasteiger partial charge on any atom is 0.416 e. The van der Waals surface area contributed by atoms with Gasteiger partial charge in [0.2, 0.25) is 0 Å². The van der Waals surface area contributed by atoms with Gasteiger partial charge in [-0.05, 0) is 12.1 Å². The highest BCUT2D eigenvalue weighted by Gasteiger charge is 2.30. The zero-order valence-electron chi connectivity index (χ0n) is 10.2. The van der Waals surface area contributed by atoms with Crippen LogP contribution >= 0.6 is 0 Å². The van der Waals surface area contributed by atoms with E-state index in [9.17, 15) is 18.0 Å². The monoisotopic (exact) mass is 281 g/mol. The molecule has 20 heavy (non-hydrogen) atoms. The number of hydrogen-bond donors (Lipinski definition) is 2. The maximum absolute atomic E-state index is 12.7. The van der Waals surface area contributed by atoms with Gasteiger partial charge in [0.25, 0.3) is 5.56 Å². The third-order valence-electron chi connectivity index (χ3n) is 3.16. The van der Waals surface area contributed by atoms with E-state index < -0.39 is 11.7 Å². The Hall–Kier alpha value is -2.15. The Kier molecular flexibility index (Phi) is 2.86. The summed E-state index contributed by atoms with van der Waals surface area (Å²) in [6.45, 7) is 0.881. The van der Waals surface area contributed by atoms with Crippen molar-refractivity contribution in [1.82, 2.24) is 15.3 Å². The molecule has 0 aliphatic carbocycles. The van der Waals surface area contributed by atoms with Crippen molar-refractivity contribution in [3.63, 3.8) is 0 Å². The summed E-state index contributed by atoms with van der Waals surface area (Å²) < 4.78 is 38.0. The van der Waals surface area contributed by atoms with Crippen LogP contribution < -0.4 is 10.9 Å². The highest BCUT2D eigenvalue weighted by Crippen LogP contribution is 2.31. The minimum absolute atomic E-state index is 0.156. The molecule has 0 radical (unpaired) electrons. The summed E-state index contributed by atoms with van der Waals surface area (Å²) in [7, 11) is 0. The molecule has 104 valence electrons. The summed E-state index contributed by atoms with van der Waals surface area (Å²) >= 11 is 0. The van der Waals surface area contributed by atoms with Gasteiger partial charge in [-0.2, -0.15) is 13.2 Å². The van der Waals surface area contributed by atoms with Crippen molar-refractivity contribution in [3.05, 3.63) is 51.4 Å². The molecule has 1 aliphatic rings. The molecule has 0 bridgehead atoms. The van der Waals surface area contributed by atoms with Crippen LogP contribution in [-0.2, 0) is 19.3 Å². The van der Waals surface area contributed by atoms with Crippen LogP contribution in [0.1, 0.15) is 16.8 Å². The minimum Gasteiger partial charge on any atom is -0.307 e. The van der Waals surface area contributed by atoms with Gasteiger partial charge in [-0.1, -0.05) is 12.1 Å². The molecule has 1 aliphatic heterocycles. The van der Waals surface area contributed by atoms with Gasteiger partial charge in [-0.3, -0.25) is 4.79 Å². The molecule has 4 nitrogen and oxygen atoms in total. The van der Waals surface area contributed by atoms with Gasteiger partial charge < -0.3 is 10.3 Å². The van der Waals surface area contributed by atoms with E-state index in [1.54, 1.807) is 0 Å². The van der Waals surface area contributed by atoms with E-state index in [0.29, 0.717) is 24.3 Å². The lowest BCUT2D eigenvalue weighted by Crippen LogP contribution is -2.16. The van der Waals surface area contributed by atoms with Crippen molar-refractivity contribution in [2.75, 3.05) is 0 Å². The predicted octanol–water partition coefficient (Wildman–Crippen LogP) is 2.06. The van der Waals surface area contributed by atoms with Crippen molar-refractivity contribution >= 4 is 0 Å². The molecule has 2 heterocycles. The predicted molar refractivity (Wildman–Crippen MR) is 65.8 cm³/mol. The number of aromatic nitrogens is 2. The average molecular weight is 281 g/mol. The third kappa shape index (κ3) is 2.20. The fourth-order valence-electron chi connectivity index (χ4n) is 2.16. The first kappa shape index (κ1) is 12.9. The molecule has 1 aromatic carbocycles. The molecule has 0 fully saturated rings. The van der Waals surface area contributed by atoms with E-state index in [4.69, 9.17) is 0 Å². The minimum atomic E-state index is -4.42. The smallest absolute Gasteiger partial charge is 0.307 e. The Morgan fingerprint density at radius 1 is 1.20 bits per heavy atom. The highest BCUT2D eigenvalue weighted by molar-refractivity contribution is 5.56. The molecule has 0 saturated carbocycles. The summed E-state index contributed by atoms with van der Waals surface area (Å²) in [5.41, 5.74) is 0.289. The first-order chi connectivity index (χ1) is 9.45. The average Bonchev–Trinajstić information content (AvgIpc) is 2.87. The van der Waals surface area contributed by atoms with E-state index in [-0.39, 0.29) is 16.9 Å². The van der Waals surface area contributed by atoms with Crippen LogP contribution in [0.4, 0.5) is 13.2 Å². The van der Waals surface area contributed by atoms with E-state index in [1.165, 1.54) is 12.1 Å². The lowest BCUT2D eigenvalue weighted by Gasteiger charge is -2.09. The zero-order valence-corrected chi connectivity index (χ0v) is 10.2.